The highest BCUT2D eigenvalue weighted by Crippen LogP contribution is 2.37. The zero-order valence-electron chi connectivity index (χ0n) is 12.6. The van der Waals surface area contributed by atoms with Crippen LogP contribution in [0.2, 0.25) is 0 Å². The van der Waals surface area contributed by atoms with Gasteiger partial charge in [0.25, 0.3) is 0 Å². The average molecular weight is 329 g/mol. The van der Waals surface area contributed by atoms with Gasteiger partial charge in [-0.3, -0.25) is 4.99 Å². The molecule has 5 heteroatoms. The lowest BCUT2D eigenvalue weighted by Crippen LogP contribution is -1.89. The molecule has 3 aromatic rings. The maximum absolute atomic E-state index is 12.9. The predicted octanol–water partition coefficient (Wildman–Crippen LogP) is 4.76. The molecule has 0 aliphatic rings. The highest BCUT2D eigenvalue weighted by Gasteiger charge is 2.10. The third-order valence-electron chi connectivity index (χ3n) is 3.37. The van der Waals surface area contributed by atoms with Crippen LogP contribution < -0.4 is 4.74 Å². The Morgan fingerprint density at radius 1 is 1.22 bits per heavy atom. The van der Waals surface area contributed by atoms with Gasteiger partial charge in [-0.1, -0.05) is 12.1 Å². The molecule has 0 radical (unpaired) electrons. The number of hydrogen-bond acceptors (Lipinski definition) is 4. The van der Waals surface area contributed by atoms with Crippen molar-refractivity contribution in [3.05, 3.63) is 58.7 Å². The third-order valence-corrected chi connectivity index (χ3v) is 4.46. The van der Waals surface area contributed by atoms with Crippen molar-refractivity contribution in [2.75, 3.05) is 6.61 Å². The van der Waals surface area contributed by atoms with E-state index in [0.29, 0.717) is 18.0 Å². The van der Waals surface area contributed by atoms with Gasteiger partial charge in [0.15, 0.2) is 0 Å². The van der Waals surface area contributed by atoms with E-state index in [1.165, 1.54) is 23.5 Å². The van der Waals surface area contributed by atoms with Crippen molar-refractivity contribution in [2.24, 2.45) is 4.99 Å². The van der Waals surface area contributed by atoms with Crippen LogP contribution in [0.3, 0.4) is 0 Å². The van der Waals surface area contributed by atoms with Gasteiger partial charge in [0.1, 0.15) is 17.3 Å². The van der Waals surface area contributed by atoms with Crippen molar-refractivity contribution in [3.63, 3.8) is 0 Å². The van der Waals surface area contributed by atoms with E-state index in [1.54, 1.807) is 18.3 Å². The summed E-state index contributed by atoms with van der Waals surface area (Å²) in [6.07, 6.45) is 1.66. The predicted molar refractivity (Wildman–Crippen MR) is 92.4 cm³/mol. The van der Waals surface area contributed by atoms with Gasteiger partial charge in [-0.05, 0) is 42.8 Å². The summed E-state index contributed by atoms with van der Waals surface area (Å²) in [5.74, 6) is 0.697. The monoisotopic (exact) mass is 329 g/mol. The summed E-state index contributed by atoms with van der Waals surface area (Å²) in [6, 6.07) is 11.9. The van der Waals surface area contributed by atoms with Gasteiger partial charge in [0, 0.05) is 16.3 Å². The standard InChI is InChI=1S/C18H16FNO2S/c1-2-22-14-7-8-16-15(9-14)18(21)17(23-16)11-20-10-12-3-5-13(19)6-4-12/h3-9,11,21H,2,10H2,1H3. The van der Waals surface area contributed by atoms with Crippen molar-refractivity contribution >= 4 is 27.6 Å². The number of ether oxygens (including phenoxy) is 1. The zero-order valence-corrected chi connectivity index (χ0v) is 13.4. The molecular weight excluding hydrogens is 313 g/mol. The Hall–Kier alpha value is -2.40. The van der Waals surface area contributed by atoms with Crippen LogP contribution in [-0.2, 0) is 6.54 Å². The summed E-state index contributed by atoms with van der Waals surface area (Å²) in [4.78, 5) is 5.03. The van der Waals surface area contributed by atoms with Gasteiger partial charge in [0.2, 0.25) is 0 Å². The minimum atomic E-state index is -0.259. The number of benzene rings is 2. The van der Waals surface area contributed by atoms with Crippen LogP contribution in [0.15, 0.2) is 47.5 Å². The second-order valence-corrected chi connectivity index (χ2v) is 6.09. The van der Waals surface area contributed by atoms with Gasteiger partial charge in [-0.15, -0.1) is 11.3 Å². The number of rotatable bonds is 5. The van der Waals surface area contributed by atoms with Crippen molar-refractivity contribution in [1.29, 1.82) is 0 Å². The van der Waals surface area contributed by atoms with Crippen LogP contribution in [0.5, 0.6) is 11.5 Å². The van der Waals surface area contributed by atoms with Crippen LogP contribution >= 0.6 is 11.3 Å². The van der Waals surface area contributed by atoms with E-state index < -0.39 is 0 Å². The molecule has 3 nitrogen and oxygen atoms in total. The Morgan fingerprint density at radius 2 is 2.00 bits per heavy atom. The van der Waals surface area contributed by atoms with Crippen LogP contribution in [0, 0.1) is 5.82 Å². The molecule has 0 aliphatic heterocycles. The molecule has 0 atom stereocenters. The third kappa shape index (κ3) is 3.51. The maximum atomic E-state index is 12.9. The number of nitrogens with zero attached hydrogens (tertiary/aromatic N) is 1. The highest BCUT2D eigenvalue weighted by atomic mass is 32.1. The molecule has 0 amide bonds. The van der Waals surface area contributed by atoms with Crippen LogP contribution in [0.4, 0.5) is 4.39 Å². The van der Waals surface area contributed by atoms with Gasteiger partial charge in [-0.2, -0.15) is 0 Å². The molecule has 1 N–H and O–H groups in total. The highest BCUT2D eigenvalue weighted by molar-refractivity contribution is 7.21. The number of halogens is 1. The fourth-order valence-corrected chi connectivity index (χ4v) is 3.22. The first-order valence-electron chi connectivity index (χ1n) is 7.30. The molecule has 0 bridgehead atoms. The van der Waals surface area contributed by atoms with E-state index in [9.17, 15) is 9.50 Å². The molecule has 1 heterocycles. The minimum absolute atomic E-state index is 0.217. The first-order chi connectivity index (χ1) is 11.2. The normalized spacial score (nSPS) is 11.4. The average Bonchev–Trinajstić information content (AvgIpc) is 2.86. The number of hydrogen-bond donors (Lipinski definition) is 1. The number of aliphatic imine (C=N–C) groups is 1. The Bertz CT molecular complexity index is 840. The summed E-state index contributed by atoms with van der Waals surface area (Å²) >= 11 is 1.47. The van der Waals surface area contributed by atoms with E-state index in [1.807, 2.05) is 25.1 Å². The molecule has 0 fully saturated rings. The molecule has 23 heavy (non-hydrogen) atoms. The molecular formula is C18H16FNO2S. The molecule has 3 rings (SSSR count). The summed E-state index contributed by atoms with van der Waals surface area (Å²) in [5.41, 5.74) is 0.918. The summed E-state index contributed by atoms with van der Waals surface area (Å²) in [7, 11) is 0. The smallest absolute Gasteiger partial charge is 0.143 e. The second-order valence-electron chi connectivity index (χ2n) is 5.00. The number of aromatic hydroxyl groups is 1. The first-order valence-corrected chi connectivity index (χ1v) is 8.11. The van der Waals surface area contributed by atoms with Crippen LogP contribution in [0.25, 0.3) is 10.1 Å². The quantitative estimate of drug-likeness (QED) is 0.686. The van der Waals surface area contributed by atoms with Gasteiger partial charge in [0.05, 0.1) is 18.0 Å². The molecule has 118 valence electrons. The van der Waals surface area contributed by atoms with Crippen molar-refractivity contribution in [3.8, 4) is 11.5 Å². The molecule has 0 saturated heterocycles. The van der Waals surface area contributed by atoms with Crippen molar-refractivity contribution < 1.29 is 14.2 Å². The SMILES string of the molecule is CCOc1ccc2sc(C=NCc3ccc(F)cc3)c(O)c2c1. The molecule has 0 saturated carbocycles. The fourth-order valence-electron chi connectivity index (χ4n) is 2.25. The summed E-state index contributed by atoms with van der Waals surface area (Å²) < 4.78 is 19.3. The second kappa shape index (κ2) is 6.79. The van der Waals surface area contributed by atoms with E-state index in [0.717, 1.165) is 21.4 Å². The topological polar surface area (TPSA) is 41.8 Å². The van der Waals surface area contributed by atoms with E-state index in [2.05, 4.69) is 4.99 Å². The molecule has 0 unspecified atom stereocenters. The van der Waals surface area contributed by atoms with Gasteiger partial charge in [-0.25, -0.2) is 4.39 Å². The van der Waals surface area contributed by atoms with E-state index >= 15 is 0 Å². The van der Waals surface area contributed by atoms with E-state index in [4.69, 9.17) is 4.74 Å². The lowest BCUT2D eigenvalue weighted by Gasteiger charge is -2.01. The molecule has 1 aromatic heterocycles. The van der Waals surface area contributed by atoms with Crippen molar-refractivity contribution in [1.82, 2.24) is 0 Å². The maximum Gasteiger partial charge on any atom is 0.143 e. The molecule has 0 aliphatic carbocycles. The Balaban J connectivity index is 1.80. The minimum Gasteiger partial charge on any atom is -0.506 e. The Kier molecular flexibility index (Phi) is 4.57. The van der Waals surface area contributed by atoms with Crippen molar-refractivity contribution in [2.45, 2.75) is 13.5 Å². The number of thiophene rings is 1. The Morgan fingerprint density at radius 3 is 2.74 bits per heavy atom. The lowest BCUT2D eigenvalue weighted by molar-refractivity contribution is 0.340. The lowest BCUT2D eigenvalue weighted by atomic mass is 10.2. The van der Waals surface area contributed by atoms with E-state index in [-0.39, 0.29) is 11.6 Å². The summed E-state index contributed by atoms with van der Waals surface area (Å²) in [6.45, 7) is 2.95. The summed E-state index contributed by atoms with van der Waals surface area (Å²) in [5, 5.41) is 11.1. The van der Waals surface area contributed by atoms with Crippen LogP contribution in [-0.4, -0.2) is 17.9 Å². The fraction of sp³-hybridized carbons (Fsp3) is 0.167. The zero-order chi connectivity index (χ0) is 16.2. The molecule has 2 aromatic carbocycles. The molecule has 0 spiro atoms. The number of fused-ring (bicyclic) bond motifs is 1. The Labute approximate surface area is 137 Å². The first kappa shape index (κ1) is 15.5. The van der Waals surface area contributed by atoms with Gasteiger partial charge < -0.3 is 9.84 Å². The van der Waals surface area contributed by atoms with Crippen LogP contribution in [0.1, 0.15) is 17.4 Å². The van der Waals surface area contributed by atoms with Gasteiger partial charge >= 0.3 is 0 Å². The largest absolute Gasteiger partial charge is 0.506 e.